The molecule has 3 aromatic carbocycles. The molecule has 0 unspecified atom stereocenters. The number of hydrogen-bond donors (Lipinski definition) is 2. The fourth-order valence-electron chi connectivity index (χ4n) is 5.05. The van der Waals surface area contributed by atoms with E-state index in [-0.39, 0.29) is 17.8 Å². The van der Waals surface area contributed by atoms with E-state index in [1.807, 2.05) is 38.1 Å². The monoisotopic (exact) mass is 578 g/mol. The first-order valence-corrected chi connectivity index (χ1v) is 13.9. The van der Waals surface area contributed by atoms with E-state index in [2.05, 4.69) is 29.3 Å². The van der Waals surface area contributed by atoms with Crippen molar-refractivity contribution < 1.29 is 33.6 Å². The van der Waals surface area contributed by atoms with Gasteiger partial charge in [0.15, 0.2) is 0 Å². The Morgan fingerprint density at radius 1 is 0.929 bits per heavy atom. The molecule has 0 aliphatic rings. The number of aryl methyl sites for hydroxylation is 2. The Hall–Kier alpha value is -3.92. The van der Waals surface area contributed by atoms with E-state index in [0.29, 0.717) is 55.6 Å². The van der Waals surface area contributed by atoms with E-state index in [1.54, 1.807) is 45.4 Å². The van der Waals surface area contributed by atoms with Gasteiger partial charge in [-0.25, -0.2) is 4.79 Å². The van der Waals surface area contributed by atoms with E-state index in [1.165, 1.54) is 0 Å². The zero-order valence-corrected chi connectivity index (χ0v) is 25.4. The number of nitrogens with one attached hydrogen (secondary N) is 1. The summed E-state index contributed by atoms with van der Waals surface area (Å²) in [5, 5.41) is 13.4. The van der Waals surface area contributed by atoms with Gasteiger partial charge in [-0.3, -0.25) is 9.69 Å². The summed E-state index contributed by atoms with van der Waals surface area (Å²) < 4.78 is 22.1. The number of esters is 1. The maximum absolute atomic E-state index is 12.1. The van der Waals surface area contributed by atoms with Crippen molar-refractivity contribution in [2.45, 2.75) is 40.8 Å². The van der Waals surface area contributed by atoms with E-state index in [0.717, 1.165) is 16.7 Å². The Bertz CT molecular complexity index is 1310. The molecular formula is C33H42N2O7. The van der Waals surface area contributed by atoms with Crippen molar-refractivity contribution >= 4 is 17.6 Å². The first kappa shape index (κ1) is 32.6. The van der Waals surface area contributed by atoms with Gasteiger partial charge in [0.1, 0.15) is 17.2 Å². The first-order valence-electron chi connectivity index (χ1n) is 13.9. The number of ether oxygens (including phenoxy) is 4. The highest BCUT2D eigenvalue weighted by atomic mass is 16.5. The molecule has 0 spiro atoms. The summed E-state index contributed by atoms with van der Waals surface area (Å²) in [5.74, 6) is -0.412. The summed E-state index contributed by atoms with van der Waals surface area (Å²) >= 11 is 0. The van der Waals surface area contributed by atoms with Gasteiger partial charge in [0.05, 0.1) is 19.8 Å². The summed E-state index contributed by atoms with van der Waals surface area (Å²) in [7, 11) is 3.37. The molecule has 0 aliphatic heterocycles. The molecule has 0 saturated heterocycles. The topological polar surface area (TPSA) is 107 Å². The number of rotatable bonds is 14. The number of hydrogen-bond acceptors (Lipinski definition) is 8. The van der Waals surface area contributed by atoms with Crippen LogP contribution in [0.4, 0.5) is 5.69 Å². The van der Waals surface area contributed by atoms with Crippen LogP contribution in [0, 0.1) is 19.3 Å². The Kier molecular flexibility index (Phi) is 11.9. The summed E-state index contributed by atoms with van der Waals surface area (Å²) in [5.41, 5.74) is 3.61. The van der Waals surface area contributed by atoms with Crippen LogP contribution in [0.15, 0.2) is 60.7 Å². The fourth-order valence-corrected chi connectivity index (χ4v) is 5.05. The highest BCUT2D eigenvalue weighted by molar-refractivity contribution is 6.37. The number of carbonyl (C=O) groups is 2. The van der Waals surface area contributed by atoms with Gasteiger partial charge in [0.25, 0.3) is 0 Å². The van der Waals surface area contributed by atoms with Crippen LogP contribution in [0.3, 0.4) is 0 Å². The van der Waals surface area contributed by atoms with Crippen molar-refractivity contribution in [3.63, 3.8) is 0 Å². The lowest BCUT2D eigenvalue weighted by Gasteiger charge is -2.35. The lowest BCUT2D eigenvalue weighted by atomic mass is 9.91. The quantitative estimate of drug-likeness (QED) is 0.188. The Morgan fingerprint density at radius 3 is 2.17 bits per heavy atom. The zero-order valence-electron chi connectivity index (χ0n) is 25.4. The highest BCUT2D eigenvalue weighted by Gasteiger charge is 2.28. The van der Waals surface area contributed by atoms with Crippen LogP contribution in [-0.2, 0) is 36.9 Å². The van der Waals surface area contributed by atoms with Crippen molar-refractivity contribution in [2.75, 3.05) is 45.9 Å². The van der Waals surface area contributed by atoms with E-state index in [9.17, 15) is 14.7 Å². The largest absolute Gasteiger partial charge is 0.508 e. The first-order chi connectivity index (χ1) is 20.1. The SMILES string of the molecule is CCOC(=O)C(=O)Nc1cc(C)c(Oc2ccc(O)c(CN(Cc3ccccc3)CC(C)(COC)COC)c2)c(C)c1. The van der Waals surface area contributed by atoms with Gasteiger partial charge >= 0.3 is 11.9 Å². The fraction of sp³-hybridized carbons (Fsp3) is 0.394. The van der Waals surface area contributed by atoms with Gasteiger partial charge in [-0.15, -0.1) is 0 Å². The van der Waals surface area contributed by atoms with Crippen molar-refractivity contribution in [2.24, 2.45) is 5.41 Å². The summed E-state index contributed by atoms with van der Waals surface area (Å²) in [4.78, 5) is 26.1. The molecule has 0 atom stereocenters. The molecule has 226 valence electrons. The zero-order chi connectivity index (χ0) is 30.7. The molecule has 9 nitrogen and oxygen atoms in total. The third-order valence-electron chi connectivity index (χ3n) is 6.68. The molecule has 0 fully saturated rings. The minimum absolute atomic E-state index is 0.120. The maximum Gasteiger partial charge on any atom is 0.397 e. The minimum Gasteiger partial charge on any atom is -0.508 e. The number of carbonyl (C=O) groups excluding carboxylic acids is 2. The van der Waals surface area contributed by atoms with Crippen molar-refractivity contribution in [1.29, 1.82) is 0 Å². The average Bonchev–Trinajstić information content (AvgIpc) is 2.93. The van der Waals surface area contributed by atoms with Crippen molar-refractivity contribution in [3.05, 3.63) is 82.9 Å². The van der Waals surface area contributed by atoms with Crippen molar-refractivity contribution in [3.8, 4) is 17.2 Å². The molecular weight excluding hydrogens is 536 g/mol. The lowest BCUT2D eigenvalue weighted by Crippen LogP contribution is -2.41. The molecule has 1 amide bonds. The van der Waals surface area contributed by atoms with Crippen LogP contribution in [-0.4, -0.2) is 62.5 Å². The van der Waals surface area contributed by atoms with E-state index in [4.69, 9.17) is 18.9 Å². The van der Waals surface area contributed by atoms with Crippen LogP contribution in [0.2, 0.25) is 0 Å². The van der Waals surface area contributed by atoms with Crippen molar-refractivity contribution in [1.82, 2.24) is 4.90 Å². The van der Waals surface area contributed by atoms with Crippen LogP contribution < -0.4 is 10.1 Å². The van der Waals surface area contributed by atoms with Gasteiger partial charge in [-0.1, -0.05) is 37.3 Å². The number of aromatic hydroxyl groups is 1. The number of methoxy groups -OCH3 is 2. The number of amides is 1. The molecule has 0 heterocycles. The normalized spacial score (nSPS) is 11.4. The molecule has 3 aromatic rings. The smallest absolute Gasteiger partial charge is 0.397 e. The second-order valence-corrected chi connectivity index (χ2v) is 10.8. The summed E-state index contributed by atoms with van der Waals surface area (Å²) in [6.07, 6.45) is 0. The Morgan fingerprint density at radius 2 is 1.57 bits per heavy atom. The molecule has 0 radical (unpaired) electrons. The second kappa shape index (κ2) is 15.3. The predicted octanol–water partition coefficient (Wildman–Crippen LogP) is 5.60. The van der Waals surface area contributed by atoms with E-state index >= 15 is 0 Å². The van der Waals surface area contributed by atoms with Crippen LogP contribution in [0.25, 0.3) is 0 Å². The summed E-state index contributed by atoms with van der Waals surface area (Å²) in [6.45, 7) is 10.5. The molecule has 2 N–H and O–H groups in total. The standard InChI is InChI=1S/C33H42N2O7/c1-7-41-32(38)31(37)34-27-15-23(2)30(24(3)16-27)42-28-13-14-29(36)26(17-28)19-35(18-25-11-9-8-10-12-25)20-33(4,21-39-5)22-40-6/h8-17,36H,7,18-22H2,1-6H3,(H,34,37). The minimum atomic E-state index is -0.934. The predicted molar refractivity (Wildman–Crippen MR) is 162 cm³/mol. The number of phenolic OH excluding ortho intramolecular Hbond substituents is 1. The third-order valence-corrected chi connectivity index (χ3v) is 6.68. The van der Waals surface area contributed by atoms with Gasteiger partial charge in [0.2, 0.25) is 0 Å². The molecule has 0 aliphatic carbocycles. The molecule has 0 aromatic heterocycles. The van der Waals surface area contributed by atoms with Gasteiger partial charge < -0.3 is 29.4 Å². The number of anilines is 1. The molecule has 9 heteroatoms. The van der Waals surface area contributed by atoms with Crippen LogP contribution in [0.5, 0.6) is 17.2 Å². The van der Waals surface area contributed by atoms with E-state index < -0.39 is 11.9 Å². The van der Waals surface area contributed by atoms with Crippen LogP contribution >= 0.6 is 0 Å². The lowest BCUT2D eigenvalue weighted by molar-refractivity contribution is -0.152. The summed E-state index contributed by atoms with van der Waals surface area (Å²) in [6, 6.07) is 18.8. The Labute approximate surface area is 248 Å². The maximum atomic E-state index is 12.1. The number of nitrogens with zero attached hydrogens (tertiary/aromatic N) is 1. The second-order valence-electron chi connectivity index (χ2n) is 10.8. The molecule has 42 heavy (non-hydrogen) atoms. The van der Waals surface area contributed by atoms with Gasteiger partial charge in [0, 0.05) is 50.5 Å². The highest BCUT2D eigenvalue weighted by Crippen LogP contribution is 2.34. The third kappa shape index (κ3) is 9.30. The molecule has 3 rings (SSSR count). The average molecular weight is 579 g/mol. The number of phenols is 1. The number of benzene rings is 3. The molecule has 0 saturated carbocycles. The Balaban J connectivity index is 1.84. The van der Waals surface area contributed by atoms with Gasteiger partial charge in [-0.05, 0) is 67.8 Å². The van der Waals surface area contributed by atoms with Crippen LogP contribution in [0.1, 0.15) is 36.1 Å². The molecule has 0 bridgehead atoms. The van der Waals surface area contributed by atoms with Gasteiger partial charge in [-0.2, -0.15) is 0 Å².